The highest BCUT2D eigenvalue weighted by Gasteiger charge is 2.32. The Bertz CT molecular complexity index is 1620. The summed E-state index contributed by atoms with van der Waals surface area (Å²) < 4.78 is 42.6. The van der Waals surface area contributed by atoms with Gasteiger partial charge in [0.1, 0.15) is 18.3 Å². The average Bonchev–Trinajstić information content (AvgIpc) is 3.62. The predicted octanol–water partition coefficient (Wildman–Crippen LogP) is 6.27. The lowest BCUT2D eigenvalue weighted by molar-refractivity contribution is -0.274. The molecule has 0 radical (unpaired) electrons. The molecule has 5 rings (SSSR count). The third-order valence-electron chi connectivity index (χ3n) is 6.90. The van der Waals surface area contributed by atoms with E-state index in [-0.39, 0.29) is 5.75 Å². The Kier molecular flexibility index (Phi) is 9.55. The first-order chi connectivity index (χ1) is 21.1. The molecule has 1 unspecified atom stereocenters. The molecule has 1 atom stereocenters. The van der Waals surface area contributed by atoms with E-state index in [2.05, 4.69) is 32.1 Å². The quantitative estimate of drug-likeness (QED) is 0.212. The molecule has 44 heavy (non-hydrogen) atoms. The molecule has 9 nitrogen and oxygen atoms in total. The summed E-state index contributed by atoms with van der Waals surface area (Å²) in [7, 11) is 0. The van der Waals surface area contributed by atoms with Gasteiger partial charge in [0.25, 0.3) is 0 Å². The minimum atomic E-state index is -4.75. The molecule has 13 heteroatoms. The molecule has 0 spiro atoms. The number of aryl methyl sites for hydroxylation is 3. The summed E-state index contributed by atoms with van der Waals surface area (Å²) in [6, 6.07) is 18.7. The summed E-state index contributed by atoms with van der Waals surface area (Å²) in [5.74, 6) is 0.593. The average molecular weight is 625 g/mol. The number of ether oxygens (including phenoxy) is 1. The van der Waals surface area contributed by atoms with Crippen LogP contribution in [0.2, 0.25) is 0 Å². The molecular formula is C31H31F3N6O3S. The van der Waals surface area contributed by atoms with Crippen LogP contribution in [0.4, 0.5) is 23.7 Å². The second-order valence-electron chi connectivity index (χ2n) is 10.1. The van der Waals surface area contributed by atoms with E-state index in [1.165, 1.54) is 47.0 Å². The maximum atomic E-state index is 12.6. The number of amides is 2. The van der Waals surface area contributed by atoms with Gasteiger partial charge in [-0.25, -0.2) is 14.5 Å². The van der Waals surface area contributed by atoms with E-state index in [4.69, 9.17) is 0 Å². The molecule has 1 aliphatic heterocycles. The number of hydrogen-bond donors (Lipinski definition) is 2. The number of thioether (sulfide) groups is 1. The number of carbonyl (C=O) groups excluding carboxylic acids is 1. The van der Waals surface area contributed by atoms with Crippen molar-refractivity contribution in [2.75, 3.05) is 17.2 Å². The fourth-order valence-corrected chi connectivity index (χ4v) is 5.68. The fourth-order valence-electron chi connectivity index (χ4n) is 4.72. The van der Waals surface area contributed by atoms with Crippen molar-refractivity contribution in [3.63, 3.8) is 0 Å². The lowest BCUT2D eigenvalue weighted by atomic mass is 10.1. The first-order valence-electron chi connectivity index (χ1n) is 14.0. The zero-order valence-electron chi connectivity index (χ0n) is 24.1. The van der Waals surface area contributed by atoms with Gasteiger partial charge < -0.3 is 15.2 Å². The number of nitrogens with one attached hydrogen (secondary N) is 1. The van der Waals surface area contributed by atoms with Crippen molar-refractivity contribution < 1.29 is 27.8 Å². The van der Waals surface area contributed by atoms with E-state index in [1.54, 1.807) is 4.90 Å². The molecule has 0 bridgehead atoms. The summed E-state index contributed by atoms with van der Waals surface area (Å²) in [6.45, 7) is 4.48. The molecule has 0 aliphatic carbocycles. The Morgan fingerprint density at radius 3 is 2.59 bits per heavy atom. The summed E-state index contributed by atoms with van der Waals surface area (Å²) in [4.78, 5) is 22.9. The highest BCUT2D eigenvalue weighted by molar-refractivity contribution is 8.14. The zero-order chi connectivity index (χ0) is 31.3. The topological polar surface area (TPSA) is 105 Å². The van der Waals surface area contributed by atoms with Gasteiger partial charge in [-0.1, -0.05) is 55.1 Å². The van der Waals surface area contributed by atoms with Gasteiger partial charge in [-0.3, -0.25) is 4.90 Å². The molecule has 1 aliphatic rings. The zero-order valence-corrected chi connectivity index (χ0v) is 24.9. The summed E-state index contributed by atoms with van der Waals surface area (Å²) in [6.07, 6.45) is -1.78. The van der Waals surface area contributed by atoms with Gasteiger partial charge in [0.15, 0.2) is 11.0 Å². The Morgan fingerprint density at radius 2 is 1.89 bits per heavy atom. The van der Waals surface area contributed by atoms with Crippen molar-refractivity contribution in [1.29, 1.82) is 0 Å². The molecular weight excluding hydrogens is 593 g/mol. The van der Waals surface area contributed by atoms with Crippen molar-refractivity contribution >= 4 is 28.6 Å². The lowest BCUT2D eigenvalue weighted by Crippen LogP contribution is -2.35. The smallest absolute Gasteiger partial charge is 0.406 e. The second kappa shape index (κ2) is 13.5. The van der Waals surface area contributed by atoms with Crippen molar-refractivity contribution in [3.05, 3.63) is 89.7 Å². The van der Waals surface area contributed by atoms with Crippen LogP contribution < -0.4 is 15.0 Å². The van der Waals surface area contributed by atoms with Gasteiger partial charge in [-0.2, -0.15) is 4.99 Å². The minimum absolute atomic E-state index is 0.312. The molecule has 2 amide bonds. The van der Waals surface area contributed by atoms with Gasteiger partial charge >= 0.3 is 12.4 Å². The molecule has 1 saturated heterocycles. The summed E-state index contributed by atoms with van der Waals surface area (Å²) in [5.41, 5.74) is 5.41. The van der Waals surface area contributed by atoms with Crippen molar-refractivity contribution in [1.82, 2.24) is 20.1 Å². The van der Waals surface area contributed by atoms with Crippen LogP contribution in [0.3, 0.4) is 0 Å². The monoisotopic (exact) mass is 624 g/mol. The Hall–Kier alpha value is -4.36. The lowest BCUT2D eigenvalue weighted by Gasteiger charge is -2.25. The van der Waals surface area contributed by atoms with E-state index < -0.39 is 18.6 Å². The van der Waals surface area contributed by atoms with Gasteiger partial charge in [0, 0.05) is 23.5 Å². The number of alkyl halides is 3. The van der Waals surface area contributed by atoms with Crippen LogP contribution in [0.1, 0.15) is 30.0 Å². The highest BCUT2D eigenvalue weighted by atomic mass is 32.2. The van der Waals surface area contributed by atoms with Gasteiger partial charge in [0.05, 0.1) is 5.69 Å². The van der Waals surface area contributed by atoms with Crippen molar-refractivity contribution in [2.24, 2.45) is 4.99 Å². The molecule has 0 saturated carbocycles. The number of amidine groups is 1. The molecule has 2 heterocycles. The number of hydrogen-bond acceptors (Lipinski definition) is 6. The third-order valence-corrected chi connectivity index (χ3v) is 7.91. The van der Waals surface area contributed by atoms with Crippen LogP contribution in [0.15, 0.2) is 78.0 Å². The fraction of sp³-hybridized carbons (Fsp3) is 0.290. The number of benzene rings is 3. The minimum Gasteiger partial charge on any atom is -0.406 e. The van der Waals surface area contributed by atoms with E-state index in [1.807, 2.05) is 49.4 Å². The van der Waals surface area contributed by atoms with Gasteiger partial charge in [-0.05, 0) is 73.2 Å². The molecule has 2 N–H and O–H groups in total. The molecule has 230 valence electrons. The van der Waals surface area contributed by atoms with Crippen LogP contribution in [-0.2, 0) is 12.8 Å². The maximum absolute atomic E-state index is 12.6. The Balaban J connectivity index is 1.12. The van der Waals surface area contributed by atoms with Crippen molar-refractivity contribution in [2.45, 2.75) is 45.7 Å². The number of nitrogens with zero attached hydrogens (tertiary/aromatic N) is 5. The van der Waals surface area contributed by atoms with Crippen LogP contribution in [0.5, 0.6) is 5.75 Å². The SMILES string of the molecule is CCc1ccc(C)cc1N1C(=NC(=O)NCCCc2ccc(-c3ncn(-c4ccc(OC(F)(F)F)cc4)n3)cc2)SCC1O. The van der Waals surface area contributed by atoms with Crippen LogP contribution in [-0.4, -0.2) is 56.0 Å². The third kappa shape index (κ3) is 7.77. The van der Waals surface area contributed by atoms with E-state index >= 15 is 0 Å². The van der Waals surface area contributed by atoms with Gasteiger partial charge in [0.2, 0.25) is 0 Å². The Labute approximate surface area is 256 Å². The molecule has 3 aromatic carbocycles. The van der Waals surface area contributed by atoms with Crippen LogP contribution in [0.25, 0.3) is 17.1 Å². The number of urea groups is 1. The number of aliphatic imine (C=N–C) groups is 1. The van der Waals surface area contributed by atoms with Crippen LogP contribution >= 0.6 is 11.8 Å². The normalized spacial score (nSPS) is 16.0. The van der Waals surface area contributed by atoms with Crippen LogP contribution in [0, 0.1) is 6.92 Å². The van der Waals surface area contributed by atoms with E-state index in [0.29, 0.717) is 35.4 Å². The first-order valence-corrected chi connectivity index (χ1v) is 15.0. The number of aliphatic hydroxyl groups excluding tert-OH is 1. The number of halogens is 3. The Morgan fingerprint density at radius 1 is 1.14 bits per heavy atom. The number of aliphatic hydroxyl groups is 1. The van der Waals surface area contributed by atoms with Crippen molar-refractivity contribution in [3.8, 4) is 22.8 Å². The van der Waals surface area contributed by atoms with Gasteiger partial charge in [-0.15, -0.1) is 18.3 Å². The largest absolute Gasteiger partial charge is 0.573 e. The number of aromatic nitrogens is 3. The number of anilines is 1. The molecule has 4 aromatic rings. The predicted molar refractivity (Wildman–Crippen MR) is 164 cm³/mol. The molecule has 1 fully saturated rings. The summed E-state index contributed by atoms with van der Waals surface area (Å²) in [5, 5.41) is 18.4. The van der Waals surface area contributed by atoms with E-state index in [9.17, 15) is 23.1 Å². The second-order valence-corrected chi connectivity index (χ2v) is 11.1. The molecule has 1 aromatic heterocycles. The first kappa shape index (κ1) is 31.1. The standard InChI is InChI=1S/C31H31F3N6O3S/c1-3-22-9-6-20(2)17-26(22)40-27(41)18-44-30(40)37-29(42)35-16-4-5-21-7-10-23(11-8-21)28-36-19-39(38-28)24-12-14-25(15-13-24)43-31(32,33)34/h6-15,17,19,27,41H,3-5,16,18H2,1-2H3,(H,35,42). The summed E-state index contributed by atoms with van der Waals surface area (Å²) >= 11 is 1.36. The van der Waals surface area contributed by atoms with E-state index in [0.717, 1.165) is 40.8 Å². The highest BCUT2D eigenvalue weighted by Crippen LogP contribution is 2.33. The maximum Gasteiger partial charge on any atom is 0.573 e. The number of carbonyl (C=O) groups is 1. The number of rotatable bonds is 9.